The van der Waals surface area contributed by atoms with E-state index in [2.05, 4.69) is 9.97 Å². The molecule has 0 radical (unpaired) electrons. The van der Waals surface area contributed by atoms with Gasteiger partial charge in [0, 0.05) is 6.61 Å². The zero-order chi connectivity index (χ0) is 13.9. The molecule has 0 amide bonds. The summed E-state index contributed by atoms with van der Waals surface area (Å²) in [6.45, 7) is 2.96. The number of aromatic amines is 1. The molecule has 2 aromatic rings. The van der Waals surface area contributed by atoms with Gasteiger partial charge in [-0.1, -0.05) is 0 Å². The van der Waals surface area contributed by atoms with E-state index >= 15 is 0 Å². The number of fused-ring (bicyclic) bond motifs is 1. The third-order valence-corrected chi connectivity index (χ3v) is 3.50. The first kappa shape index (κ1) is 13.1. The van der Waals surface area contributed by atoms with Crippen LogP contribution in [0.15, 0.2) is 18.2 Å². The molecular weight excluding hydrogens is 256 g/mol. The highest BCUT2D eigenvalue weighted by atomic mass is 16.5. The minimum atomic E-state index is -0.306. The zero-order valence-corrected chi connectivity index (χ0v) is 11.5. The summed E-state index contributed by atoms with van der Waals surface area (Å²) in [5.74, 6) is 0.542. The van der Waals surface area contributed by atoms with E-state index in [0.29, 0.717) is 12.2 Å². The van der Waals surface area contributed by atoms with Gasteiger partial charge in [-0.2, -0.15) is 0 Å². The minimum absolute atomic E-state index is 0.0437. The minimum Gasteiger partial charge on any atom is -0.462 e. The van der Waals surface area contributed by atoms with Crippen LogP contribution in [-0.4, -0.2) is 29.2 Å². The van der Waals surface area contributed by atoms with Crippen molar-refractivity contribution in [2.75, 3.05) is 13.2 Å². The van der Waals surface area contributed by atoms with Crippen molar-refractivity contribution in [1.82, 2.24) is 9.97 Å². The smallest absolute Gasteiger partial charge is 0.338 e. The van der Waals surface area contributed by atoms with Crippen molar-refractivity contribution < 1.29 is 14.3 Å². The van der Waals surface area contributed by atoms with Crippen LogP contribution >= 0.6 is 0 Å². The summed E-state index contributed by atoms with van der Waals surface area (Å²) < 4.78 is 10.7. The van der Waals surface area contributed by atoms with E-state index in [-0.39, 0.29) is 12.1 Å². The van der Waals surface area contributed by atoms with Crippen molar-refractivity contribution in [2.24, 2.45) is 0 Å². The molecule has 2 heterocycles. The van der Waals surface area contributed by atoms with Crippen LogP contribution in [0.3, 0.4) is 0 Å². The second-order valence-corrected chi connectivity index (χ2v) is 4.93. The van der Waals surface area contributed by atoms with Crippen LogP contribution in [0.4, 0.5) is 0 Å². The number of rotatable bonds is 3. The second-order valence-electron chi connectivity index (χ2n) is 4.93. The number of aromatic nitrogens is 2. The molecule has 0 bridgehead atoms. The van der Waals surface area contributed by atoms with Gasteiger partial charge in [-0.3, -0.25) is 0 Å². The first-order valence-corrected chi connectivity index (χ1v) is 7.06. The first-order valence-electron chi connectivity index (χ1n) is 7.06. The molecule has 1 aliphatic rings. The molecule has 0 saturated carbocycles. The molecule has 1 saturated heterocycles. The SMILES string of the molecule is CCOC(=O)c1ccc2nc(C3CCCCO3)[nH]c2c1. The summed E-state index contributed by atoms with van der Waals surface area (Å²) in [6, 6.07) is 5.36. The average molecular weight is 274 g/mol. The molecule has 1 aromatic carbocycles. The van der Waals surface area contributed by atoms with Gasteiger partial charge in [-0.15, -0.1) is 0 Å². The summed E-state index contributed by atoms with van der Waals surface area (Å²) in [7, 11) is 0. The molecule has 5 nitrogen and oxygen atoms in total. The van der Waals surface area contributed by atoms with Crippen LogP contribution in [0.25, 0.3) is 11.0 Å². The number of esters is 1. The Morgan fingerprint density at radius 1 is 1.50 bits per heavy atom. The Balaban J connectivity index is 1.88. The molecule has 1 atom stereocenters. The molecule has 0 spiro atoms. The largest absolute Gasteiger partial charge is 0.462 e. The molecule has 1 aliphatic heterocycles. The van der Waals surface area contributed by atoms with E-state index < -0.39 is 0 Å². The Labute approximate surface area is 117 Å². The van der Waals surface area contributed by atoms with Crippen molar-refractivity contribution in [1.29, 1.82) is 0 Å². The summed E-state index contributed by atoms with van der Waals surface area (Å²) in [5, 5.41) is 0. The molecule has 1 unspecified atom stereocenters. The quantitative estimate of drug-likeness (QED) is 0.874. The standard InChI is InChI=1S/C15H18N2O3/c1-2-19-15(18)10-6-7-11-12(9-10)17-14(16-11)13-5-3-4-8-20-13/h6-7,9,13H,2-5,8H2,1H3,(H,16,17). The van der Waals surface area contributed by atoms with Gasteiger partial charge in [0.1, 0.15) is 11.9 Å². The number of hydrogen-bond acceptors (Lipinski definition) is 4. The number of nitrogens with zero attached hydrogens (tertiary/aromatic N) is 1. The third kappa shape index (κ3) is 2.54. The van der Waals surface area contributed by atoms with Crippen LogP contribution in [0, 0.1) is 0 Å². The highest BCUT2D eigenvalue weighted by Gasteiger charge is 2.20. The molecule has 106 valence electrons. The first-order chi connectivity index (χ1) is 9.78. The topological polar surface area (TPSA) is 64.2 Å². The fourth-order valence-corrected chi connectivity index (χ4v) is 2.48. The van der Waals surface area contributed by atoms with Gasteiger partial charge >= 0.3 is 5.97 Å². The van der Waals surface area contributed by atoms with Crippen molar-refractivity contribution >= 4 is 17.0 Å². The van der Waals surface area contributed by atoms with Crippen molar-refractivity contribution in [3.63, 3.8) is 0 Å². The second kappa shape index (κ2) is 5.63. The highest BCUT2D eigenvalue weighted by Crippen LogP contribution is 2.27. The van der Waals surface area contributed by atoms with Crippen LogP contribution in [-0.2, 0) is 9.47 Å². The number of imidazole rings is 1. The molecule has 5 heteroatoms. The van der Waals surface area contributed by atoms with Crippen molar-refractivity contribution in [3.8, 4) is 0 Å². The Hall–Kier alpha value is -1.88. The summed E-state index contributed by atoms with van der Waals surface area (Å²) in [4.78, 5) is 19.5. The van der Waals surface area contributed by atoms with E-state index in [0.717, 1.165) is 42.7 Å². The maximum absolute atomic E-state index is 11.7. The molecule has 1 N–H and O–H groups in total. The lowest BCUT2D eigenvalue weighted by atomic mass is 10.1. The van der Waals surface area contributed by atoms with Gasteiger partial charge < -0.3 is 14.5 Å². The van der Waals surface area contributed by atoms with Crippen LogP contribution < -0.4 is 0 Å². The lowest BCUT2D eigenvalue weighted by molar-refractivity contribution is 0.0101. The molecule has 0 aliphatic carbocycles. The fraction of sp³-hybridized carbons (Fsp3) is 0.467. The van der Waals surface area contributed by atoms with Crippen LogP contribution in [0.5, 0.6) is 0 Å². The van der Waals surface area contributed by atoms with E-state index in [1.807, 2.05) is 6.07 Å². The monoisotopic (exact) mass is 274 g/mol. The summed E-state index contributed by atoms with van der Waals surface area (Å²) in [6.07, 6.45) is 3.31. The number of ether oxygens (including phenoxy) is 2. The van der Waals surface area contributed by atoms with Gasteiger partial charge in [0.15, 0.2) is 0 Å². The van der Waals surface area contributed by atoms with Gasteiger partial charge in [-0.05, 0) is 44.4 Å². The molecule has 3 rings (SSSR count). The lowest BCUT2D eigenvalue weighted by Crippen LogP contribution is -2.12. The normalized spacial score (nSPS) is 19.1. The number of hydrogen-bond donors (Lipinski definition) is 1. The molecule has 20 heavy (non-hydrogen) atoms. The predicted octanol–water partition coefficient (Wildman–Crippen LogP) is 2.98. The Kier molecular flexibility index (Phi) is 3.69. The number of carbonyl (C=O) groups is 1. The van der Waals surface area contributed by atoms with Gasteiger partial charge in [0.2, 0.25) is 0 Å². The average Bonchev–Trinajstić information content (AvgIpc) is 2.91. The van der Waals surface area contributed by atoms with E-state index in [9.17, 15) is 4.79 Å². The molecule has 1 fully saturated rings. The highest BCUT2D eigenvalue weighted by molar-refractivity contribution is 5.93. The maximum Gasteiger partial charge on any atom is 0.338 e. The fourth-order valence-electron chi connectivity index (χ4n) is 2.48. The number of benzene rings is 1. The van der Waals surface area contributed by atoms with Gasteiger partial charge in [0.05, 0.1) is 23.2 Å². The van der Waals surface area contributed by atoms with E-state index in [1.54, 1.807) is 19.1 Å². The Morgan fingerprint density at radius 2 is 2.40 bits per heavy atom. The van der Waals surface area contributed by atoms with Crippen LogP contribution in [0.1, 0.15) is 48.5 Å². The molecular formula is C15H18N2O3. The lowest BCUT2D eigenvalue weighted by Gasteiger charge is -2.20. The zero-order valence-electron chi connectivity index (χ0n) is 11.5. The van der Waals surface area contributed by atoms with E-state index in [4.69, 9.17) is 9.47 Å². The maximum atomic E-state index is 11.7. The van der Waals surface area contributed by atoms with Gasteiger partial charge in [0.25, 0.3) is 0 Å². The number of carbonyl (C=O) groups excluding carboxylic acids is 1. The Bertz CT molecular complexity index is 615. The van der Waals surface area contributed by atoms with Crippen molar-refractivity contribution in [3.05, 3.63) is 29.6 Å². The summed E-state index contributed by atoms with van der Waals surface area (Å²) in [5.41, 5.74) is 2.24. The third-order valence-electron chi connectivity index (χ3n) is 3.50. The van der Waals surface area contributed by atoms with Crippen molar-refractivity contribution in [2.45, 2.75) is 32.3 Å². The summed E-state index contributed by atoms with van der Waals surface area (Å²) >= 11 is 0. The number of H-pyrrole nitrogens is 1. The van der Waals surface area contributed by atoms with E-state index in [1.165, 1.54) is 0 Å². The van der Waals surface area contributed by atoms with Crippen LogP contribution in [0.2, 0.25) is 0 Å². The Morgan fingerprint density at radius 3 is 3.15 bits per heavy atom. The predicted molar refractivity (Wildman–Crippen MR) is 74.6 cm³/mol. The molecule has 1 aromatic heterocycles. The van der Waals surface area contributed by atoms with Gasteiger partial charge in [-0.25, -0.2) is 9.78 Å². The number of nitrogens with one attached hydrogen (secondary N) is 1.